The van der Waals surface area contributed by atoms with Gasteiger partial charge in [-0.1, -0.05) is 0 Å². The van der Waals surface area contributed by atoms with E-state index >= 15 is 0 Å². The number of aliphatic hydroxyl groups is 5. The molecule has 0 aromatic rings. The number of amides is 1. The van der Waals surface area contributed by atoms with E-state index in [-0.39, 0.29) is 0 Å². The second-order valence-corrected chi connectivity index (χ2v) is 6.56. The van der Waals surface area contributed by atoms with E-state index in [1.807, 2.05) is 0 Å². The minimum absolute atomic E-state index is 0.453. The standard InChI is InChI=1S/C15H28N2O10/c1-5(20)17-9-12(23)13(7(4-19)26-14(9)24-2)27-15-11(22)8(16)10(21)6(3-18)25-15/h6-15,18-19,21-23H,3-4,16H2,1-2H3,(H,17,20). The predicted octanol–water partition coefficient (Wildman–Crippen LogP) is -4.63. The summed E-state index contributed by atoms with van der Waals surface area (Å²) < 4.78 is 21.5. The van der Waals surface area contributed by atoms with Crippen LogP contribution in [0.1, 0.15) is 6.92 Å². The molecule has 0 aromatic heterocycles. The highest BCUT2D eigenvalue weighted by molar-refractivity contribution is 5.73. The van der Waals surface area contributed by atoms with E-state index in [0.29, 0.717) is 0 Å². The van der Waals surface area contributed by atoms with Crippen LogP contribution in [0, 0.1) is 0 Å². The lowest BCUT2D eigenvalue weighted by Gasteiger charge is -2.47. The van der Waals surface area contributed by atoms with Crippen LogP contribution in [0.4, 0.5) is 0 Å². The van der Waals surface area contributed by atoms with Crippen LogP contribution in [0.2, 0.25) is 0 Å². The molecule has 1 amide bonds. The van der Waals surface area contributed by atoms with Gasteiger partial charge in [0.05, 0.1) is 19.3 Å². The summed E-state index contributed by atoms with van der Waals surface area (Å²) in [5.74, 6) is -0.453. The molecule has 0 saturated carbocycles. The number of nitrogens with two attached hydrogens (primary N) is 1. The van der Waals surface area contributed by atoms with Crippen LogP contribution < -0.4 is 11.1 Å². The minimum Gasteiger partial charge on any atom is -0.394 e. The number of carbonyl (C=O) groups is 1. The summed E-state index contributed by atoms with van der Waals surface area (Å²) >= 11 is 0. The highest BCUT2D eigenvalue weighted by Crippen LogP contribution is 2.28. The summed E-state index contributed by atoms with van der Waals surface area (Å²) in [6, 6.07) is -2.19. The first-order valence-electron chi connectivity index (χ1n) is 8.52. The molecule has 2 aliphatic rings. The SMILES string of the molecule is COC1OC(CO)C(OC2OC(CO)C(O)C(N)C2O)C(O)C1NC(C)=O. The molecule has 2 aliphatic heterocycles. The Morgan fingerprint density at radius 1 is 1.04 bits per heavy atom. The van der Waals surface area contributed by atoms with Crippen LogP contribution in [0.25, 0.3) is 0 Å². The van der Waals surface area contributed by atoms with Crippen LogP contribution in [0.5, 0.6) is 0 Å². The van der Waals surface area contributed by atoms with E-state index in [2.05, 4.69) is 5.32 Å². The zero-order chi connectivity index (χ0) is 20.3. The molecule has 0 bridgehead atoms. The number of ether oxygens (including phenoxy) is 4. The van der Waals surface area contributed by atoms with Gasteiger partial charge in [0.25, 0.3) is 0 Å². The molecule has 12 heteroatoms. The molecular weight excluding hydrogens is 368 g/mol. The summed E-state index contributed by atoms with van der Waals surface area (Å²) in [7, 11) is 1.31. The molecule has 2 fully saturated rings. The predicted molar refractivity (Wildman–Crippen MR) is 87.0 cm³/mol. The van der Waals surface area contributed by atoms with Gasteiger partial charge in [0, 0.05) is 14.0 Å². The van der Waals surface area contributed by atoms with Crippen molar-refractivity contribution in [1.29, 1.82) is 0 Å². The second kappa shape index (κ2) is 9.52. The van der Waals surface area contributed by atoms with Gasteiger partial charge in [-0.05, 0) is 0 Å². The van der Waals surface area contributed by atoms with Crippen molar-refractivity contribution in [3.05, 3.63) is 0 Å². The van der Waals surface area contributed by atoms with Gasteiger partial charge in [0.2, 0.25) is 5.91 Å². The van der Waals surface area contributed by atoms with Crippen LogP contribution in [0.15, 0.2) is 0 Å². The normalized spacial score (nSPS) is 45.5. The largest absolute Gasteiger partial charge is 0.394 e. The third-order valence-corrected chi connectivity index (χ3v) is 4.68. The Balaban J connectivity index is 2.19. The van der Waals surface area contributed by atoms with Crippen LogP contribution in [0.3, 0.4) is 0 Å². The van der Waals surface area contributed by atoms with Gasteiger partial charge in [-0.25, -0.2) is 0 Å². The lowest BCUT2D eigenvalue weighted by atomic mass is 9.95. The molecule has 0 aromatic carbocycles. The maximum Gasteiger partial charge on any atom is 0.217 e. The first-order valence-corrected chi connectivity index (χ1v) is 8.52. The Labute approximate surface area is 155 Å². The van der Waals surface area contributed by atoms with Crippen molar-refractivity contribution in [3.63, 3.8) is 0 Å². The molecule has 12 nitrogen and oxygen atoms in total. The number of methoxy groups -OCH3 is 1. The topological polar surface area (TPSA) is 193 Å². The number of hydrogen-bond donors (Lipinski definition) is 7. The van der Waals surface area contributed by atoms with Gasteiger partial charge >= 0.3 is 0 Å². The Kier molecular flexibility index (Phi) is 7.88. The number of aliphatic hydroxyl groups excluding tert-OH is 5. The first kappa shape index (κ1) is 22.4. The van der Waals surface area contributed by atoms with E-state index < -0.39 is 80.4 Å². The highest BCUT2D eigenvalue weighted by atomic mass is 16.7. The lowest BCUT2D eigenvalue weighted by molar-refractivity contribution is -0.335. The molecular formula is C15H28N2O10. The Morgan fingerprint density at radius 2 is 1.63 bits per heavy atom. The van der Waals surface area contributed by atoms with Gasteiger partial charge in [0.1, 0.15) is 42.7 Å². The fraction of sp³-hybridized carbons (Fsp3) is 0.933. The monoisotopic (exact) mass is 396 g/mol. The number of carbonyl (C=O) groups excluding carboxylic acids is 1. The third kappa shape index (κ3) is 4.74. The average Bonchev–Trinajstić information content (AvgIpc) is 2.64. The molecule has 0 aliphatic carbocycles. The van der Waals surface area contributed by atoms with Gasteiger partial charge in [-0.2, -0.15) is 0 Å². The number of rotatable bonds is 6. The first-order chi connectivity index (χ1) is 12.7. The third-order valence-electron chi connectivity index (χ3n) is 4.68. The molecule has 0 spiro atoms. The van der Waals surface area contributed by atoms with E-state index in [1.165, 1.54) is 14.0 Å². The van der Waals surface area contributed by atoms with E-state index in [0.717, 1.165) is 0 Å². The van der Waals surface area contributed by atoms with Crippen molar-refractivity contribution < 1.29 is 49.3 Å². The van der Waals surface area contributed by atoms with Gasteiger partial charge in [-0.3, -0.25) is 4.79 Å². The Hall–Kier alpha value is -0.930. The number of hydrogen-bond acceptors (Lipinski definition) is 11. The maximum atomic E-state index is 11.4. The van der Waals surface area contributed by atoms with Crippen molar-refractivity contribution in [3.8, 4) is 0 Å². The van der Waals surface area contributed by atoms with Crippen molar-refractivity contribution >= 4 is 5.91 Å². The maximum absolute atomic E-state index is 11.4. The molecule has 2 heterocycles. The summed E-state index contributed by atoms with van der Waals surface area (Å²) in [6.07, 6.45) is -10.1. The highest BCUT2D eigenvalue weighted by Gasteiger charge is 2.50. The zero-order valence-corrected chi connectivity index (χ0v) is 15.0. The smallest absolute Gasteiger partial charge is 0.217 e. The average molecular weight is 396 g/mol. The lowest BCUT2D eigenvalue weighted by Crippen LogP contribution is -2.68. The van der Waals surface area contributed by atoms with Crippen molar-refractivity contribution in [2.75, 3.05) is 20.3 Å². The van der Waals surface area contributed by atoms with E-state index in [1.54, 1.807) is 0 Å². The van der Waals surface area contributed by atoms with Crippen molar-refractivity contribution in [2.24, 2.45) is 5.73 Å². The molecule has 10 atom stereocenters. The quantitative estimate of drug-likeness (QED) is 0.228. The minimum atomic E-state index is -1.48. The van der Waals surface area contributed by atoms with Gasteiger partial charge in [0.15, 0.2) is 12.6 Å². The fourth-order valence-corrected chi connectivity index (χ4v) is 3.21. The molecule has 8 N–H and O–H groups in total. The molecule has 2 saturated heterocycles. The van der Waals surface area contributed by atoms with Crippen LogP contribution in [-0.2, 0) is 23.7 Å². The van der Waals surface area contributed by atoms with E-state index in [9.17, 15) is 30.3 Å². The Morgan fingerprint density at radius 3 is 2.15 bits per heavy atom. The summed E-state index contributed by atoms with van der Waals surface area (Å²) in [4.78, 5) is 11.4. The fourth-order valence-electron chi connectivity index (χ4n) is 3.21. The van der Waals surface area contributed by atoms with Gasteiger partial charge < -0.3 is 55.5 Å². The van der Waals surface area contributed by atoms with Crippen molar-refractivity contribution in [2.45, 2.75) is 68.2 Å². The summed E-state index contributed by atoms with van der Waals surface area (Å²) in [5, 5.41) is 52.1. The zero-order valence-electron chi connectivity index (χ0n) is 15.0. The second-order valence-electron chi connectivity index (χ2n) is 6.56. The van der Waals surface area contributed by atoms with Crippen molar-refractivity contribution in [1.82, 2.24) is 5.32 Å². The Bertz CT molecular complexity index is 495. The molecule has 10 unspecified atom stereocenters. The van der Waals surface area contributed by atoms with Gasteiger partial charge in [-0.15, -0.1) is 0 Å². The summed E-state index contributed by atoms with van der Waals surface area (Å²) in [6.45, 7) is 0.109. The number of nitrogens with one attached hydrogen (secondary N) is 1. The summed E-state index contributed by atoms with van der Waals surface area (Å²) in [5.41, 5.74) is 5.73. The van der Waals surface area contributed by atoms with Crippen LogP contribution in [-0.4, -0.2) is 113 Å². The molecule has 158 valence electrons. The van der Waals surface area contributed by atoms with E-state index in [4.69, 9.17) is 24.7 Å². The molecule has 0 radical (unpaired) electrons. The molecule has 27 heavy (non-hydrogen) atoms. The van der Waals surface area contributed by atoms with Crippen LogP contribution >= 0.6 is 0 Å². The molecule has 2 rings (SSSR count).